The van der Waals surface area contributed by atoms with Crippen molar-refractivity contribution in [3.8, 4) is 0 Å². The van der Waals surface area contributed by atoms with Crippen molar-refractivity contribution < 1.29 is 28.7 Å². The minimum atomic E-state index is -1.03. The van der Waals surface area contributed by atoms with Crippen molar-refractivity contribution in [3.63, 3.8) is 0 Å². The second kappa shape index (κ2) is 10.9. The molecule has 1 aromatic rings. The van der Waals surface area contributed by atoms with Gasteiger partial charge in [-0.2, -0.15) is 0 Å². The van der Waals surface area contributed by atoms with Crippen LogP contribution in [0, 0.1) is 11.8 Å². The van der Waals surface area contributed by atoms with Crippen molar-refractivity contribution in [2.45, 2.75) is 70.6 Å². The van der Waals surface area contributed by atoms with E-state index in [9.17, 15) is 24.0 Å². The van der Waals surface area contributed by atoms with Gasteiger partial charge < -0.3 is 24.7 Å². The molecule has 3 unspecified atom stereocenters. The lowest BCUT2D eigenvalue weighted by Crippen LogP contribution is -2.47. The third kappa shape index (κ3) is 7.30. The summed E-state index contributed by atoms with van der Waals surface area (Å²) in [4.78, 5) is 63.1. The number of methoxy groups -OCH3 is 1. The van der Waals surface area contributed by atoms with Crippen molar-refractivity contribution in [1.29, 1.82) is 0 Å². The summed E-state index contributed by atoms with van der Waals surface area (Å²) in [6, 6.07) is 1.06. The summed E-state index contributed by atoms with van der Waals surface area (Å²) in [5.74, 6) is -1.49. The maximum absolute atomic E-state index is 13.4. The summed E-state index contributed by atoms with van der Waals surface area (Å²) in [6.07, 6.45) is 3.65. The van der Waals surface area contributed by atoms with E-state index in [0.717, 1.165) is 12.8 Å². The smallest absolute Gasteiger partial charge is 0.412 e. The normalized spacial score (nSPS) is 19.3. The van der Waals surface area contributed by atoms with Crippen molar-refractivity contribution in [2.24, 2.45) is 11.8 Å². The third-order valence-electron chi connectivity index (χ3n) is 5.99. The number of amides is 3. The fraction of sp³-hybridized carbons (Fsp3) is 0.625. The predicted molar refractivity (Wildman–Crippen MR) is 127 cm³/mol. The van der Waals surface area contributed by atoms with Gasteiger partial charge in [-0.1, -0.05) is 12.8 Å². The van der Waals surface area contributed by atoms with Gasteiger partial charge in [-0.3, -0.25) is 19.7 Å². The van der Waals surface area contributed by atoms with Gasteiger partial charge in [-0.05, 0) is 58.1 Å². The van der Waals surface area contributed by atoms with Gasteiger partial charge in [0.05, 0.1) is 7.11 Å². The molecule has 11 heteroatoms. The molecule has 1 aliphatic carbocycles. The average Bonchev–Trinajstić information content (AvgIpc) is 3.51. The first-order chi connectivity index (χ1) is 16.5. The molecule has 11 nitrogen and oxygen atoms in total. The molecule has 0 aromatic carbocycles. The van der Waals surface area contributed by atoms with Gasteiger partial charge in [0, 0.05) is 18.7 Å². The highest BCUT2D eigenvalue weighted by atomic mass is 16.6. The average molecular weight is 491 g/mol. The lowest BCUT2D eigenvalue weighted by atomic mass is 9.97. The van der Waals surface area contributed by atoms with Crippen molar-refractivity contribution >= 4 is 29.6 Å². The second-order valence-corrected chi connectivity index (χ2v) is 10.1. The molecule has 1 aliphatic heterocycles. The summed E-state index contributed by atoms with van der Waals surface area (Å²) < 4.78 is 11.3. The Bertz CT molecular complexity index is 1030. The summed E-state index contributed by atoms with van der Waals surface area (Å²) in [6.45, 7) is 5.64. The van der Waals surface area contributed by atoms with E-state index in [-0.39, 0.29) is 23.9 Å². The molecule has 3 N–H and O–H groups in total. The Kier molecular flexibility index (Phi) is 8.18. The highest BCUT2D eigenvalue weighted by Crippen LogP contribution is 2.37. The minimum Gasteiger partial charge on any atom is -0.467 e. The van der Waals surface area contributed by atoms with Crippen molar-refractivity contribution in [2.75, 3.05) is 19.0 Å². The molecule has 2 fully saturated rings. The summed E-state index contributed by atoms with van der Waals surface area (Å²) in [7, 11) is 1.22. The maximum atomic E-state index is 13.4. The van der Waals surface area contributed by atoms with Crippen LogP contribution in [0.3, 0.4) is 0 Å². The van der Waals surface area contributed by atoms with E-state index in [2.05, 4.69) is 16.0 Å². The minimum absolute atomic E-state index is 0.0255. The largest absolute Gasteiger partial charge is 0.467 e. The first-order valence-electron chi connectivity index (χ1n) is 11.9. The predicted octanol–water partition coefficient (Wildman–Crippen LogP) is 1.72. The Balaban J connectivity index is 1.81. The van der Waals surface area contributed by atoms with Gasteiger partial charge in [-0.25, -0.2) is 9.59 Å². The highest BCUT2D eigenvalue weighted by Gasteiger charge is 2.36. The number of ether oxygens (including phenoxy) is 2. The van der Waals surface area contributed by atoms with Gasteiger partial charge in [0.2, 0.25) is 11.8 Å². The van der Waals surface area contributed by atoms with Gasteiger partial charge in [-0.15, -0.1) is 0 Å². The Hall–Kier alpha value is -3.37. The number of carbonyl (C=O) groups is 4. The monoisotopic (exact) mass is 490 g/mol. The molecular formula is C24H34N4O7. The molecule has 1 saturated carbocycles. The fourth-order valence-corrected chi connectivity index (χ4v) is 4.06. The fourth-order valence-electron chi connectivity index (χ4n) is 4.06. The molecule has 3 rings (SSSR count). The van der Waals surface area contributed by atoms with Crippen LogP contribution in [0.5, 0.6) is 0 Å². The Labute approximate surface area is 203 Å². The van der Waals surface area contributed by atoms with Crippen LogP contribution < -0.4 is 21.5 Å². The zero-order valence-electron chi connectivity index (χ0n) is 20.6. The number of anilines is 1. The number of pyridine rings is 1. The number of carbonyl (C=O) groups excluding carboxylic acids is 4. The number of nitrogens with one attached hydrogen (secondary N) is 3. The summed E-state index contributed by atoms with van der Waals surface area (Å²) in [5, 5.41) is 7.86. The molecule has 0 spiro atoms. The standard InChI is InChI=1S/C24H34N4O7/c1-24(2,3)35-23(33)27-16-6-5-11-28(21(16)31)18(12-14-7-8-14)20(30)26-17(22(32)34-4)13-15-9-10-25-19(15)29/h5-6,11,14-15,17-18H,7-10,12-13H2,1-4H3,(H,25,29)(H,26,30)(H,27,33). The molecule has 0 radical (unpaired) electrons. The van der Waals surface area contributed by atoms with Crippen molar-refractivity contribution in [3.05, 3.63) is 28.7 Å². The molecule has 1 aromatic heterocycles. The van der Waals surface area contributed by atoms with Crippen molar-refractivity contribution in [1.82, 2.24) is 15.2 Å². The second-order valence-electron chi connectivity index (χ2n) is 10.1. The Morgan fingerprint density at radius 2 is 1.89 bits per heavy atom. The Morgan fingerprint density at radius 3 is 2.46 bits per heavy atom. The van der Waals surface area contributed by atoms with E-state index in [1.807, 2.05) is 0 Å². The lowest BCUT2D eigenvalue weighted by Gasteiger charge is -2.24. The van der Waals surface area contributed by atoms with Crippen LogP contribution in [-0.4, -0.2) is 53.7 Å². The first-order valence-corrected chi connectivity index (χ1v) is 11.9. The van der Waals surface area contributed by atoms with E-state index in [1.54, 1.807) is 26.8 Å². The molecule has 0 bridgehead atoms. The number of hydrogen-bond acceptors (Lipinski definition) is 7. The first kappa shape index (κ1) is 26.2. The summed E-state index contributed by atoms with van der Waals surface area (Å²) in [5.41, 5.74) is -1.34. The molecule has 2 heterocycles. The molecule has 192 valence electrons. The molecule has 35 heavy (non-hydrogen) atoms. The van der Waals surface area contributed by atoms with Crippen LogP contribution in [0.4, 0.5) is 10.5 Å². The number of hydrogen-bond donors (Lipinski definition) is 3. The quantitative estimate of drug-likeness (QED) is 0.447. The number of esters is 1. The van der Waals surface area contributed by atoms with Crippen LogP contribution >= 0.6 is 0 Å². The van der Waals surface area contributed by atoms with Crippen LogP contribution in [0.2, 0.25) is 0 Å². The summed E-state index contributed by atoms with van der Waals surface area (Å²) >= 11 is 0. The maximum Gasteiger partial charge on any atom is 0.412 e. The number of rotatable bonds is 9. The van der Waals surface area contributed by atoms with E-state index in [0.29, 0.717) is 19.4 Å². The molecule has 3 atom stereocenters. The van der Waals surface area contributed by atoms with Gasteiger partial charge in [0.1, 0.15) is 23.4 Å². The van der Waals surface area contributed by atoms with Crippen LogP contribution in [-0.2, 0) is 23.9 Å². The molecule has 2 aliphatic rings. The molecular weight excluding hydrogens is 456 g/mol. The lowest BCUT2D eigenvalue weighted by molar-refractivity contribution is -0.146. The number of nitrogens with zero attached hydrogens (tertiary/aromatic N) is 1. The van der Waals surface area contributed by atoms with Crippen LogP contribution in [0.15, 0.2) is 23.1 Å². The van der Waals surface area contributed by atoms with E-state index in [4.69, 9.17) is 9.47 Å². The van der Waals surface area contributed by atoms with Gasteiger partial charge in [0.15, 0.2) is 0 Å². The van der Waals surface area contributed by atoms with E-state index in [1.165, 1.54) is 23.9 Å². The Morgan fingerprint density at radius 1 is 1.17 bits per heavy atom. The van der Waals surface area contributed by atoms with Gasteiger partial charge in [0.25, 0.3) is 5.56 Å². The zero-order valence-corrected chi connectivity index (χ0v) is 20.6. The third-order valence-corrected chi connectivity index (χ3v) is 5.99. The molecule has 1 saturated heterocycles. The number of aromatic nitrogens is 1. The SMILES string of the molecule is COC(=O)C(CC1CCNC1=O)NC(=O)C(CC1CC1)n1cccc(NC(=O)OC(C)(C)C)c1=O. The zero-order chi connectivity index (χ0) is 25.8. The van der Waals surface area contributed by atoms with E-state index >= 15 is 0 Å². The van der Waals surface area contributed by atoms with Gasteiger partial charge >= 0.3 is 12.1 Å². The van der Waals surface area contributed by atoms with E-state index < -0.39 is 47.1 Å². The van der Waals surface area contributed by atoms with Crippen LogP contribution in [0.25, 0.3) is 0 Å². The van der Waals surface area contributed by atoms with Crippen LogP contribution in [0.1, 0.15) is 58.9 Å². The topological polar surface area (TPSA) is 145 Å². The molecule has 3 amide bonds. The highest BCUT2D eigenvalue weighted by molar-refractivity contribution is 5.88.